The summed E-state index contributed by atoms with van der Waals surface area (Å²) in [5, 5.41) is 7.17. The van der Waals surface area contributed by atoms with E-state index in [0.717, 1.165) is 27.9 Å². The second-order valence-corrected chi connectivity index (χ2v) is 5.38. The Hall–Kier alpha value is -1.44. The molecule has 0 atom stereocenters. The highest BCUT2D eigenvalue weighted by molar-refractivity contribution is 14.1. The van der Waals surface area contributed by atoms with Gasteiger partial charge in [-0.15, -0.1) is 0 Å². The summed E-state index contributed by atoms with van der Waals surface area (Å²) in [5.41, 5.74) is 1.76. The molecule has 100 valence electrons. The summed E-state index contributed by atoms with van der Waals surface area (Å²) in [7, 11) is 0. The van der Waals surface area contributed by atoms with E-state index in [0.29, 0.717) is 6.42 Å². The van der Waals surface area contributed by atoms with E-state index in [1.165, 1.54) is 0 Å². The predicted octanol–water partition coefficient (Wildman–Crippen LogP) is 2.61. The maximum absolute atomic E-state index is 11.7. The molecule has 0 aromatic carbocycles. The average Bonchev–Trinajstić information content (AvgIpc) is 2.70. The van der Waals surface area contributed by atoms with Crippen LogP contribution in [-0.2, 0) is 11.3 Å². The number of carbonyl (C=O) groups excluding carboxylic acids is 1. The Balaban J connectivity index is 1.75. The van der Waals surface area contributed by atoms with Gasteiger partial charge in [0.2, 0.25) is 5.91 Å². The number of halogens is 1. The number of nitrogens with one attached hydrogen (secondary N) is 1. The van der Waals surface area contributed by atoms with Crippen LogP contribution in [0.5, 0.6) is 0 Å². The Morgan fingerprint density at radius 3 is 3.00 bits per heavy atom. The quantitative estimate of drug-likeness (QED) is 0.824. The summed E-state index contributed by atoms with van der Waals surface area (Å²) in [4.78, 5) is 15.7. The molecule has 0 spiro atoms. The van der Waals surface area contributed by atoms with E-state index >= 15 is 0 Å². The SMILES string of the molecule is Cc1nn(CCCC(=O)Nc2cccnc2)cc1I. The normalized spacial score (nSPS) is 10.4. The molecule has 5 nitrogen and oxygen atoms in total. The fourth-order valence-corrected chi connectivity index (χ4v) is 2.10. The highest BCUT2D eigenvalue weighted by atomic mass is 127. The van der Waals surface area contributed by atoms with Crippen molar-refractivity contribution in [2.75, 3.05) is 5.32 Å². The van der Waals surface area contributed by atoms with Crippen molar-refractivity contribution in [3.63, 3.8) is 0 Å². The van der Waals surface area contributed by atoms with E-state index in [4.69, 9.17) is 0 Å². The van der Waals surface area contributed by atoms with Gasteiger partial charge in [-0.3, -0.25) is 14.5 Å². The first-order valence-electron chi connectivity index (χ1n) is 6.04. The van der Waals surface area contributed by atoms with E-state index < -0.39 is 0 Å². The van der Waals surface area contributed by atoms with Crippen molar-refractivity contribution >= 4 is 34.2 Å². The van der Waals surface area contributed by atoms with Crippen molar-refractivity contribution in [2.45, 2.75) is 26.3 Å². The molecular formula is C13H15IN4O. The van der Waals surface area contributed by atoms with Crippen molar-refractivity contribution in [1.29, 1.82) is 0 Å². The van der Waals surface area contributed by atoms with Crippen LogP contribution < -0.4 is 5.32 Å². The molecule has 6 heteroatoms. The van der Waals surface area contributed by atoms with Gasteiger partial charge in [-0.05, 0) is 48.1 Å². The molecule has 0 saturated heterocycles. The summed E-state index contributed by atoms with van der Waals surface area (Å²) in [6, 6.07) is 3.62. The molecule has 2 aromatic heterocycles. The molecule has 19 heavy (non-hydrogen) atoms. The lowest BCUT2D eigenvalue weighted by Gasteiger charge is -2.04. The third-order valence-electron chi connectivity index (χ3n) is 2.62. The van der Waals surface area contributed by atoms with Gasteiger partial charge in [0.25, 0.3) is 0 Å². The maximum atomic E-state index is 11.7. The molecule has 0 fully saturated rings. The predicted molar refractivity (Wildman–Crippen MR) is 81.8 cm³/mol. The minimum absolute atomic E-state index is 0.00609. The fourth-order valence-electron chi connectivity index (χ4n) is 1.67. The largest absolute Gasteiger partial charge is 0.325 e. The summed E-state index contributed by atoms with van der Waals surface area (Å²) < 4.78 is 3.03. The first-order valence-corrected chi connectivity index (χ1v) is 7.12. The Bertz CT molecular complexity index is 534. The smallest absolute Gasteiger partial charge is 0.224 e. The van der Waals surface area contributed by atoms with Gasteiger partial charge in [0, 0.05) is 25.4 Å². The zero-order valence-electron chi connectivity index (χ0n) is 10.6. The number of nitrogens with zero attached hydrogens (tertiary/aromatic N) is 3. The van der Waals surface area contributed by atoms with Crippen LogP contribution in [0.25, 0.3) is 0 Å². The molecule has 0 saturated carbocycles. The van der Waals surface area contributed by atoms with Crippen LogP contribution in [-0.4, -0.2) is 20.7 Å². The molecule has 0 radical (unpaired) electrons. The Morgan fingerprint density at radius 2 is 2.37 bits per heavy atom. The molecule has 2 heterocycles. The fraction of sp³-hybridized carbons (Fsp3) is 0.308. The van der Waals surface area contributed by atoms with Gasteiger partial charge in [-0.25, -0.2) is 0 Å². The number of aromatic nitrogens is 3. The summed E-state index contributed by atoms with van der Waals surface area (Å²) >= 11 is 2.26. The number of pyridine rings is 1. The molecule has 0 unspecified atom stereocenters. The molecule has 1 amide bonds. The second kappa shape index (κ2) is 6.65. The highest BCUT2D eigenvalue weighted by Crippen LogP contribution is 2.09. The van der Waals surface area contributed by atoms with Crippen LogP contribution in [0.2, 0.25) is 0 Å². The number of hydrogen-bond donors (Lipinski definition) is 1. The molecule has 0 aliphatic rings. The van der Waals surface area contributed by atoms with Crippen molar-refractivity contribution < 1.29 is 4.79 Å². The van der Waals surface area contributed by atoms with Crippen molar-refractivity contribution in [3.05, 3.63) is 40.0 Å². The van der Waals surface area contributed by atoms with E-state index in [-0.39, 0.29) is 5.91 Å². The zero-order valence-corrected chi connectivity index (χ0v) is 12.8. The first kappa shape index (κ1) is 14.0. The zero-order chi connectivity index (χ0) is 13.7. The molecule has 1 N–H and O–H groups in total. The minimum Gasteiger partial charge on any atom is -0.325 e. The van der Waals surface area contributed by atoms with Gasteiger partial charge in [0.15, 0.2) is 0 Å². The molecule has 0 aliphatic carbocycles. The Kier molecular flexibility index (Phi) is 4.89. The maximum Gasteiger partial charge on any atom is 0.224 e. The van der Waals surface area contributed by atoms with Crippen LogP contribution in [0, 0.1) is 10.5 Å². The van der Waals surface area contributed by atoms with E-state index in [9.17, 15) is 4.79 Å². The van der Waals surface area contributed by atoms with Crippen LogP contribution in [0.3, 0.4) is 0 Å². The van der Waals surface area contributed by atoms with E-state index in [1.54, 1.807) is 18.5 Å². The topological polar surface area (TPSA) is 59.8 Å². The number of amides is 1. The number of carbonyl (C=O) groups is 1. The third-order valence-corrected chi connectivity index (χ3v) is 3.68. The molecule has 0 aliphatic heterocycles. The standard InChI is InChI=1S/C13H15IN4O/c1-10-12(14)9-18(17-10)7-3-5-13(19)16-11-4-2-6-15-8-11/h2,4,6,8-9H,3,5,7H2,1H3,(H,16,19). The van der Waals surface area contributed by atoms with Gasteiger partial charge in [-0.1, -0.05) is 0 Å². The number of rotatable bonds is 5. The third kappa shape index (κ3) is 4.30. The van der Waals surface area contributed by atoms with Gasteiger partial charge >= 0.3 is 0 Å². The van der Waals surface area contributed by atoms with Crippen LogP contribution >= 0.6 is 22.6 Å². The Morgan fingerprint density at radius 1 is 1.53 bits per heavy atom. The van der Waals surface area contributed by atoms with Gasteiger partial charge in [0.05, 0.1) is 21.1 Å². The van der Waals surface area contributed by atoms with Gasteiger partial charge in [0.1, 0.15) is 0 Å². The minimum atomic E-state index is 0.00609. The summed E-state index contributed by atoms with van der Waals surface area (Å²) in [6.45, 7) is 2.73. The van der Waals surface area contributed by atoms with Gasteiger partial charge < -0.3 is 5.32 Å². The molecule has 2 rings (SSSR count). The molecular weight excluding hydrogens is 355 g/mol. The van der Waals surface area contributed by atoms with Gasteiger partial charge in [-0.2, -0.15) is 5.10 Å². The lowest BCUT2D eigenvalue weighted by molar-refractivity contribution is -0.116. The number of aryl methyl sites for hydroxylation is 2. The Labute approximate surface area is 125 Å². The lowest BCUT2D eigenvalue weighted by atomic mass is 10.3. The monoisotopic (exact) mass is 370 g/mol. The van der Waals surface area contributed by atoms with Crippen LogP contribution in [0.1, 0.15) is 18.5 Å². The average molecular weight is 370 g/mol. The van der Waals surface area contributed by atoms with Crippen LogP contribution in [0.15, 0.2) is 30.7 Å². The first-order chi connectivity index (χ1) is 9.15. The summed E-state index contributed by atoms with van der Waals surface area (Å²) in [5.74, 6) is 0.00609. The second-order valence-electron chi connectivity index (χ2n) is 4.22. The molecule has 2 aromatic rings. The molecule has 0 bridgehead atoms. The van der Waals surface area contributed by atoms with Crippen molar-refractivity contribution in [1.82, 2.24) is 14.8 Å². The van der Waals surface area contributed by atoms with Crippen LogP contribution in [0.4, 0.5) is 5.69 Å². The van der Waals surface area contributed by atoms with E-state index in [2.05, 4.69) is 38.0 Å². The van der Waals surface area contributed by atoms with E-state index in [1.807, 2.05) is 23.9 Å². The lowest BCUT2D eigenvalue weighted by Crippen LogP contribution is -2.12. The number of hydrogen-bond acceptors (Lipinski definition) is 3. The highest BCUT2D eigenvalue weighted by Gasteiger charge is 2.04. The number of anilines is 1. The van der Waals surface area contributed by atoms with Crippen molar-refractivity contribution in [3.8, 4) is 0 Å². The summed E-state index contributed by atoms with van der Waals surface area (Å²) in [6.07, 6.45) is 6.55. The van der Waals surface area contributed by atoms with Crippen molar-refractivity contribution in [2.24, 2.45) is 0 Å².